The number of nitrogens with zero attached hydrogens (tertiary/aromatic N) is 1. The molecule has 1 saturated heterocycles. The molecular formula is C24H30N2O4. The van der Waals surface area contributed by atoms with Crippen LogP contribution in [0.2, 0.25) is 0 Å². The number of β-amino-alcohol motifs (C(OH)–C–C–N with tert-alkyl or cyclic N) is 1. The number of rotatable bonds is 7. The average molecular weight is 411 g/mol. The minimum absolute atomic E-state index is 0.0973. The molecule has 2 aromatic rings. The van der Waals surface area contributed by atoms with Crippen molar-refractivity contribution in [3.63, 3.8) is 0 Å². The third kappa shape index (κ3) is 5.26. The first kappa shape index (κ1) is 22.0. The molecule has 1 fully saturated rings. The molecule has 0 aliphatic carbocycles. The Morgan fingerprint density at radius 3 is 2.50 bits per heavy atom. The normalized spacial score (nSPS) is 21.8. The number of nitrogens with one attached hydrogen (secondary N) is 1. The van der Waals surface area contributed by atoms with Gasteiger partial charge in [0.05, 0.1) is 25.3 Å². The summed E-state index contributed by atoms with van der Waals surface area (Å²) in [6.45, 7) is 3.01. The van der Waals surface area contributed by atoms with Crippen LogP contribution in [0.5, 0.6) is 0 Å². The van der Waals surface area contributed by atoms with E-state index in [1.165, 1.54) is 12.7 Å². The number of aryl methyl sites for hydroxylation is 2. The number of benzene rings is 2. The minimum Gasteiger partial charge on any atom is -0.468 e. The van der Waals surface area contributed by atoms with Crippen molar-refractivity contribution in [2.75, 3.05) is 26.7 Å². The van der Waals surface area contributed by atoms with Crippen molar-refractivity contribution in [2.45, 2.75) is 37.8 Å². The van der Waals surface area contributed by atoms with Gasteiger partial charge < -0.3 is 15.2 Å². The van der Waals surface area contributed by atoms with E-state index in [-0.39, 0.29) is 25.0 Å². The second kappa shape index (κ2) is 9.87. The van der Waals surface area contributed by atoms with Crippen molar-refractivity contribution in [2.24, 2.45) is 0 Å². The molecule has 6 heteroatoms. The van der Waals surface area contributed by atoms with E-state index < -0.39 is 11.6 Å². The van der Waals surface area contributed by atoms with E-state index in [1.807, 2.05) is 66.4 Å². The summed E-state index contributed by atoms with van der Waals surface area (Å²) in [7, 11) is 1.35. The highest BCUT2D eigenvalue weighted by atomic mass is 16.5. The van der Waals surface area contributed by atoms with E-state index in [0.717, 1.165) is 11.1 Å². The van der Waals surface area contributed by atoms with Crippen LogP contribution in [0.3, 0.4) is 0 Å². The number of esters is 1. The van der Waals surface area contributed by atoms with Crippen LogP contribution >= 0.6 is 0 Å². The van der Waals surface area contributed by atoms with Crippen LogP contribution in [0.15, 0.2) is 54.6 Å². The molecule has 2 N–H and O–H groups in total. The Morgan fingerprint density at radius 1 is 1.17 bits per heavy atom. The number of hydrogen-bond acceptors (Lipinski definition) is 5. The SMILES string of the molecule is COC(=O)CN1CC[C@](NC(=O)CCc2ccc(C)cc2)(c2ccccc2)[C@H](O)C1. The molecule has 0 saturated carbocycles. The van der Waals surface area contributed by atoms with Gasteiger partial charge in [0.1, 0.15) is 0 Å². The molecule has 3 rings (SSSR count). The summed E-state index contributed by atoms with van der Waals surface area (Å²) in [5.74, 6) is -0.434. The molecule has 0 aromatic heterocycles. The molecule has 160 valence electrons. The summed E-state index contributed by atoms with van der Waals surface area (Å²) >= 11 is 0. The van der Waals surface area contributed by atoms with Gasteiger partial charge in [0.15, 0.2) is 0 Å². The molecule has 30 heavy (non-hydrogen) atoms. The molecule has 0 radical (unpaired) electrons. The first-order valence-corrected chi connectivity index (χ1v) is 10.3. The topological polar surface area (TPSA) is 78.9 Å². The molecule has 2 atom stereocenters. The van der Waals surface area contributed by atoms with Crippen LogP contribution in [-0.2, 0) is 26.3 Å². The third-order valence-electron chi connectivity index (χ3n) is 5.82. The van der Waals surface area contributed by atoms with Crippen LogP contribution < -0.4 is 5.32 Å². The molecule has 2 aromatic carbocycles. The van der Waals surface area contributed by atoms with Crippen molar-refractivity contribution in [1.29, 1.82) is 0 Å². The monoisotopic (exact) mass is 410 g/mol. The van der Waals surface area contributed by atoms with Gasteiger partial charge in [-0.3, -0.25) is 14.5 Å². The Kier molecular flexibility index (Phi) is 7.24. The van der Waals surface area contributed by atoms with Gasteiger partial charge in [0, 0.05) is 19.5 Å². The van der Waals surface area contributed by atoms with E-state index in [0.29, 0.717) is 25.8 Å². The number of piperidine rings is 1. The summed E-state index contributed by atoms with van der Waals surface area (Å²) in [6, 6.07) is 17.7. The molecule has 1 aliphatic heterocycles. The molecule has 0 unspecified atom stereocenters. The number of amides is 1. The first-order valence-electron chi connectivity index (χ1n) is 10.3. The molecule has 6 nitrogen and oxygen atoms in total. The molecule has 1 heterocycles. The van der Waals surface area contributed by atoms with Crippen LogP contribution in [0.25, 0.3) is 0 Å². The van der Waals surface area contributed by atoms with Gasteiger partial charge in [-0.05, 0) is 30.9 Å². The zero-order chi connectivity index (χ0) is 21.6. The van der Waals surface area contributed by atoms with Crippen LogP contribution in [0, 0.1) is 6.92 Å². The molecule has 1 amide bonds. The maximum atomic E-state index is 12.9. The Morgan fingerprint density at radius 2 is 1.87 bits per heavy atom. The molecular weight excluding hydrogens is 380 g/mol. The van der Waals surface area contributed by atoms with E-state index in [2.05, 4.69) is 5.32 Å². The van der Waals surface area contributed by atoms with Crippen molar-refractivity contribution >= 4 is 11.9 Å². The predicted octanol–water partition coefficient (Wildman–Crippen LogP) is 2.18. The fourth-order valence-electron chi connectivity index (χ4n) is 4.00. The quantitative estimate of drug-likeness (QED) is 0.684. The molecule has 1 aliphatic rings. The van der Waals surface area contributed by atoms with Gasteiger partial charge in [-0.15, -0.1) is 0 Å². The lowest BCUT2D eigenvalue weighted by Crippen LogP contribution is -2.62. The lowest BCUT2D eigenvalue weighted by molar-refractivity contribution is -0.144. The predicted molar refractivity (Wildman–Crippen MR) is 115 cm³/mol. The summed E-state index contributed by atoms with van der Waals surface area (Å²) in [4.78, 5) is 26.4. The summed E-state index contributed by atoms with van der Waals surface area (Å²) in [6.07, 6.45) is 0.644. The molecule has 0 spiro atoms. The number of carbonyl (C=O) groups is 2. The van der Waals surface area contributed by atoms with Crippen molar-refractivity contribution in [3.05, 3.63) is 71.3 Å². The fourth-order valence-corrected chi connectivity index (χ4v) is 4.00. The zero-order valence-electron chi connectivity index (χ0n) is 17.6. The minimum atomic E-state index is -0.877. The Hall–Kier alpha value is -2.70. The van der Waals surface area contributed by atoms with E-state index in [4.69, 9.17) is 4.74 Å². The van der Waals surface area contributed by atoms with E-state index in [9.17, 15) is 14.7 Å². The molecule has 0 bridgehead atoms. The number of likely N-dealkylation sites (tertiary alicyclic amines) is 1. The maximum absolute atomic E-state index is 12.9. The lowest BCUT2D eigenvalue weighted by Gasteiger charge is -2.46. The van der Waals surface area contributed by atoms with Gasteiger partial charge in [-0.1, -0.05) is 60.2 Å². The Balaban J connectivity index is 1.72. The highest BCUT2D eigenvalue weighted by Crippen LogP contribution is 2.33. The van der Waals surface area contributed by atoms with Crippen molar-refractivity contribution < 1.29 is 19.4 Å². The summed E-state index contributed by atoms with van der Waals surface area (Å²) in [5.41, 5.74) is 2.29. The summed E-state index contributed by atoms with van der Waals surface area (Å²) < 4.78 is 4.74. The Bertz CT molecular complexity index is 853. The zero-order valence-corrected chi connectivity index (χ0v) is 17.6. The first-order chi connectivity index (χ1) is 14.4. The van der Waals surface area contributed by atoms with Gasteiger partial charge >= 0.3 is 5.97 Å². The number of hydrogen-bond donors (Lipinski definition) is 2. The number of carbonyl (C=O) groups excluding carboxylic acids is 2. The summed E-state index contributed by atoms with van der Waals surface area (Å²) in [5, 5.41) is 14.2. The number of aliphatic hydroxyl groups is 1. The van der Waals surface area contributed by atoms with Crippen molar-refractivity contribution in [1.82, 2.24) is 10.2 Å². The standard InChI is InChI=1S/C24H30N2O4/c1-18-8-10-19(11-9-18)12-13-22(28)25-24(20-6-4-3-5-7-20)14-15-26(16-21(24)27)17-23(29)30-2/h3-11,21,27H,12-17H2,1-2H3,(H,25,28)/t21-,24+/m1/s1. The highest BCUT2D eigenvalue weighted by Gasteiger charge is 2.45. The highest BCUT2D eigenvalue weighted by molar-refractivity contribution is 5.77. The van der Waals surface area contributed by atoms with Crippen LogP contribution in [0.4, 0.5) is 0 Å². The fraction of sp³-hybridized carbons (Fsp3) is 0.417. The van der Waals surface area contributed by atoms with Gasteiger partial charge in [0.25, 0.3) is 0 Å². The second-order valence-electron chi connectivity index (χ2n) is 7.95. The maximum Gasteiger partial charge on any atom is 0.319 e. The second-order valence-corrected chi connectivity index (χ2v) is 7.95. The van der Waals surface area contributed by atoms with Gasteiger partial charge in [-0.2, -0.15) is 0 Å². The van der Waals surface area contributed by atoms with Crippen molar-refractivity contribution in [3.8, 4) is 0 Å². The van der Waals surface area contributed by atoms with Gasteiger partial charge in [-0.25, -0.2) is 0 Å². The third-order valence-corrected chi connectivity index (χ3v) is 5.82. The van der Waals surface area contributed by atoms with Crippen LogP contribution in [0.1, 0.15) is 29.5 Å². The smallest absolute Gasteiger partial charge is 0.319 e. The number of aliphatic hydroxyl groups excluding tert-OH is 1. The van der Waals surface area contributed by atoms with Crippen LogP contribution in [-0.4, -0.2) is 54.7 Å². The average Bonchev–Trinajstić information content (AvgIpc) is 2.76. The van der Waals surface area contributed by atoms with E-state index in [1.54, 1.807) is 0 Å². The number of ether oxygens (including phenoxy) is 1. The Labute approximate surface area is 177 Å². The van der Waals surface area contributed by atoms with Gasteiger partial charge in [0.2, 0.25) is 5.91 Å². The lowest BCUT2D eigenvalue weighted by atomic mass is 9.78. The van der Waals surface area contributed by atoms with E-state index >= 15 is 0 Å². The number of methoxy groups -OCH3 is 1. The largest absolute Gasteiger partial charge is 0.468 e.